The van der Waals surface area contributed by atoms with Gasteiger partial charge in [0.1, 0.15) is 5.82 Å². The number of aromatic nitrogens is 4. The van der Waals surface area contributed by atoms with Gasteiger partial charge in [0, 0.05) is 29.8 Å². The van der Waals surface area contributed by atoms with Crippen molar-refractivity contribution in [3.63, 3.8) is 0 Å². The Kier molecular flexibility index (Phi) is 4.71. The molecule has 0 aliphatic carbocycles. The van der Waals surface area contributed by atoms with Crippen molar-refractivity contribution in [3.05, 3.63) is 30.2 Å². The molecule has 2 rings (SSSR count). The molecular weight excluding hydrogens is 303 g/mol. The van der Waals surface area contributed by atoms with Crippen molar-refractivity contribution in [1.82, 2.24) is 19.6 Å². The lowest BCUT2D eigenvalue weighted by Gasteiger charge is -2.07. The summed E-state index contributed by atoms with van der Waals surface area (Å²) in [5.41, 5.74) is 0.574. The second-order valence-electron chi connectivity index (χ2n) is 4.22. The molecule has 0 unspecified atom stereocenters. The van der Waals surface area contributed by atoms with E-state index in [0.29, 0.717) is 18.1 Å². The highest BCUT2D eigenvalue weighted by molar-refractivity contribution is 7.99. The van der Waals surface area contributed by atoms with Crippen LogP contribution in [0.1, 0.15) is 11.5 Å². The Morgan fingerprint density at radius 1 is 1.43 bits per heavy atom. The van der Waals surface area contributed by atoms with Crippen LogP contribution in [0.4, 0.5) is 19.0 Å². The lowest BCUT2D eigenvalue weighted by atomic mass is 10.4. The summed E-state index contributed by atoms with van der Waals surface area (Å²) in [7, 11) is 0. The van der Waals surface area contributed by atoms with Crippen molar-refractivity contribution < 1.29 is 13.2 Å². The van der Waals surface area contributed by atoms with Crippen LogP contribution in [0.25, 0.3) is 5.78 Å². The fraction of sp³-hybridized carbons (Fsp3) is 0.417. The molecule has 2 aromatic rings. The fourth-order valence-corrected chi connectivity index (χ4v) is 2.23. The SMILES string of the molecule is C=CCSCCNc1cc(C)nc2nc(C(F)(F)F)nn12. The quantitative estimate of drug-likeness (QED) is 0.656. The van der Waals surface area contributed by atoms with Gasteiger partial charge >= 0.3 is 6.18 Å². The summed E-state index contributed by atoms with van der Waals surface area (Å²) in [6.07, 6.45) is -2.79. The monoisotopic (exact) mass is 317 g/mol. The third-order valence-corrected chi connectivity index (χ3v) is 3.45. The smallest absolute Gasteiger partial charge is 0.369 e. The van der Waals surface area contributed by atoms with Gasteiger partial charge in [-0.15, -0.1) is 11.7 Å². The number of rotatable bonds is 6. The van der Waals surface area contributed by atoms with Crippen molar-refractivity contribution >= 4 is 23.4 Å². The number of fused-ring (bicyclic) bond motifs is 1. The van der Waals surface area contributed by atoms with E-state index >= 15 is 0 Å². The molecule has 0 aliphatic heterocycles. The molecule has 1 N–H and O–H groups in total. The zero-order valence-electron chi connectivity index (χ0n) is 11.3. The van der Waals surface area contributed by atoms with Crippen molar-refractivity contribution in [2.24, 2.45) is 0 Å². The van der Waals surface area contributed by atoms with Crippen LogP contribution >= 0.6 is 11.8 Å². The molecule has 2 aromatic heterocycles. The minimum absolute atomic E-state index is 0.0661. The van der Waals surface area contributed by atoms with Crippen molar-refractivity contribution in [1.29, 1.82) is 0 Å². The number of anilines is 1. The average Bonchev–Trinajstić information content (AvgIpc) is 2.82. The first-order chi connectivity index (χ1) is 9.91. The predicted octanol–water partition coefficient (Wildman–Crippen LogP) is 2.78. The summed E-state index contributed by atoms with van der Waals surface area (Å²) in [5, 5.41) is 6.52. The van der Waals surface area contributed by atoms with E-state index in [1.807, 2.05) is 0 Å². The number of alkyl halides is 3. The van der Waals surface area contributed by atoms with Crippen LogP contribution in [-0.2, 0) is 6.18 Å². The minimum atomic E-state index is -4.58. The molecule has 0 atom stereocenters. The summed E-state index contributed by atoms with van der Waals surface area (Å²) >= 11 is 1.67. The maximum atomic E-state index is 12.7. The van der Waals surface area contributed by atoms with E-state index < -0.39 is 12.0 Å². The normalized spacial score (nSPS) is 11.8. The standard InChI is InChI=1S/C12H14F3N5S/c1-3-5-21-6-4-16-9-7-8(2)17-11-18-10(12(13,14)15)19-20(9)11/h3,7,16H,1,4-6H2,2H3. The number of nitrogens with one attached hydrogen (secondary N) is 1. The van der Waals surface area contributed by atoms with Gasteiger partial charge in [0.05, 0.1) is 0 Å². The summed E-state index contributed by atoms with van der Waals surface area (Å²) < 4.78 is 39.0. The van der Waals surface area contributed by atoms with Gasteiger partial charge in [0.2, 0.25) is 0 Å². The second kappa shape index (κ2) is 6.33. The molecule has 2 heterocycles. The van der Waals surface area contributed by atoms with Gasteiger partial charge in [-0.05, 0) is 6.92 Å². The molecule has 0 amide bonds. The zero-order chi connectivity index (χ0) is 15.5. The molecule has 0 fully saturated rings. The highest BCUT2D eigenvalue weighted by Gasteiger charge is 2.36. The van der Waals surface area contributed by atoms with Crippen molar-refractivity contribution in [3.8, 4) is 0 Å². The molecule has 21 heavy (non-hydrogen) atoms. The summed E-state index contributed by atoms with van der Waals surface area (Å²) in [6, 6.07) is 1.64. The fourth-order valence-electron chi connectivity index (χ4n) is 1.65. The highest BCUT2D eigenvalue weighted by atomic mass is 32.2. The number of halogens is 3. The minimum Gasteiger partial charge on any atom is -0.369 e. The average molecular weight is 317 g/mol. The van der Waals surface area contributed by atoms with E-state index in [9.17, 15) is 13.2 Å². The first kappa shape index (κ1) is 15.6. The number of thioether (sulfide) groups is 1. The van der Waals surface area contributed by atoms with Gasteiger partial charge in [0.25, 0.3) is 11.6 Å². The topological polar surface area (TPSA) is 55.1 Å². The molecule has 0 aromatic carbocycles. The molecule has 0 saturated carbocycles. The third-order valence-electron chi connectivity index (χ3n) is 2.48. The van der Waals surface area contributed by atoms with Gasteiger partial charge in [0.15, 0.2) is 0 Å². The molecule has 0 aliphatic rings. The van der Waals surface area contributed by atoms with E-state index in [1.165, 1.54) is 0 Å². The van der Waals surface area contributed by atoms with Crippen LogP contribution in [0.5, 0.6) is 0 Å². The summed E-state index contributed by atoms with van der Waals surface area (Å²) in [4.78, 5) is 7.38. The van der Waals surface area contributed by atoms with Crippen LogP contribution in [0.3, 0.4) is 0 Å². The van der Waals surface area contributed by atoms with E-state index in [2.05, 4.69) is 27.0 Å². The maximum Gasteiger partial charge on any atom is 0.453 e. The Bertz CT molecular complexity index is 638. The van der Waals surface area contributed by atoms with Crippen LogP contribution < -0.4 is 5.32 Å². The Balaban J connectivity index is 2.21. The first-order valence-electron chi connectivity index (χ1n) is 6.16. The molecule has 0 radical (unpaired) electrons. The van der Waals surface area contributed by atoms with Crippen LogP contribution in [0.15, 0.2) is 18.7 Å². The van der Waals surface area contributed by atoms with Crippen molar-refractivity contribution in [2.45, 2.75) is 13.1 Å². The Hall–Kier alpha value is -1.77. The third kappa shape index (κ3) is 3.87. The van der Waals surface area contributed by atoms with E-state index in [1.54, 1.807) is 30.8 Å². The van der Waals surface area contributed by atoms with Crippen LogP contribution in [0, 0.1) is 6.92 Å². The number of hydrogen-bond acceptors (Lipinski definition) is 5. The van der Waals surface area contributed by atoms with Gasteiger partial charge in [-0.25, -0.2) is 4.98 Å². The number of aryl methyl sites for hydroxylation is 1. The molecule has 9 heteroatoms. The number of hydrogen-bond donors (Lipinski definition) is 1. The van der Waals surface area contributed by atoms with Crippen LogP contribution in [0.2, 0.25) is 0 Å². The number of nitrogens with zero attached hydrogens (tertiary/aromatic N) is 4. The lowest BCUT2D eigenvalue weighted by molar-refractivity contribution is -0.144. The van der Waals surface area contributed by atoms with Crippen LogP contribution in [-0.4, -0.2) is 37.6 Å². The second-order valence-corrected chi connectivity index (χ2v) is 5.37. The Morgan fingerprint density at radius 2 is 2.19 bits per heavy atom. The van der Waals surface area contributed by atoms with Crippen molar-refractivity contribution in [2.75, 3.05) is 23.4 Å². The molecule has 0 spiro atoms. The molecule has 114 valence electrons. The van der Waals surface area contributed by atoms with Gasteiger partial charge < -0.3 is 5.32 Å². The first-order valence-corrected chi connectivity index (χ1v) is 7.31. The molecular formula is C12H14F3N5S. The lowest BCUT2D eigenvalue weighted by Crippen LogP contribution is -2.11. The van der Waals surface area contributed by atoms with Gasteiger partial charge in [-0.3, -0.25) is 0 Å². The van der Waals surface area contributed by atoms with E-state index in [0.717, 1.165) is 16.0 Å². The highest BCUT2D eigenvalue weighted by Crippen LogP contribution is 2.27. The molecule has 0 bridgehead atoms. The summed E-state index contributed by atoms with van der Waals surface area (Å²) in [5.74, 6) is 0.817. The van der Waals surface area contributed by atoms with E-state index in [-0.39, 0.29) is 5.78 Å². The summed E-state index contributed by atoms with van der Waals surface area (Å²) in [6.45, 7) is 5.91. The van der Waals surface area contributed by atoms with Gasteiger partial charge in [-0.1, -0.05) is 6.08 Å². The maximum absolute atomic E-state index is 12.7. The largest absolute Gasteiger partial charge is 0.453 e. The molecule has 5 nitrogen and oxygen atoms in total. The Labute approximate surface area is 123 Å². The Morgan fingerprint density at radius 3 is 2.86 bits per heavy atom. The van der Waals surface area contributed by atoms with Gasteiger partial charge in [-0.2, -0.15) is 34.4 Å². The van der Waals surface area contributed by atoms with E-state index in [4.69, 9.17) is 0 Å². The zero-order valence-corrected chi connectivity index (χ0v) is 12.1. The molecule has 0 saturated heterocycles. The predicted molar refractivity (Wildman–Crippen MR) is 76.5 cm³/mol.